The summed E-state index contributed by atoms with van der Waals surface area (Å²) in [5.41, 5.74) is 1.96. The van der Waals surface area contributed by atoms with Crippen LogP contribution in [0.4, 0.5) is 5.13 Å². The molecule has 2 atom stereocenters. The van der Waals surface area contributed by atoms with Gasteiger partial charge in [-0.15, -0.1) is 11.3 Å². The average molecular weight is 317 g/mol. The fourth-order valence-electron chi connectivity index (χ4n) is 2.56. The first-order chi connectivity index (χ1) is 10.7. The van der Waals surface area contributed by atoms with Crippen LogP contribution in [0.1, 0.15) is 6.42 Å². The van der Waals surface area contributed by atoms with Crippen molar-refractivity contribution >= 4 is 22.4 Å². The summed E-state index contributed by atoms with van der Waals surface area (Å²) in [6, 6.07) is 9.78. The second-order valence-corrected chi connectivity index (χ2v) is 6.17. The molecule has 0 aliphatic carbocycles. The first-order valence-electron chi connectivity index (χ1n) is 7.23. The molecule has 3 rings (SSSR count). The highest BCUT2D eigenvalue weighted by molar-refractivity contribution is 7.14. The van der Waals surface area contributed by atoms with Gasteiger partial charge in [-0.25, -0.2) is 4.98 Å². The summed E-state index contributed by atoms with van der Waals surface area (Å²) in [4.78, 5) is 18.7. The van der Waals surface area contributed by atoms with Gasteiger partial charge in [-0.3, -0.25) is 9.69 Å². The molecule has 1 fully saturated rings. The van der Waals surface area contributed by atoms with E-state index in [1.165, 1.54) is 11.3 Å². The predicted octanol–water partition coefficient (Wildman–Crippen LogP) is 2.15. The highest BCUT2D eigenvalue weighted by atomic mass is 32.1. The number of thiazole rings is 1. The summed E-state index contributed by atoms with van der Waals surface area (Å²) < 4.78 is 5.29. The van der Waals surface area contributed by atoms with Crippen LogP contribution in [-0.4, -0.2) is 43.7 Å². The Morgan fingerprint density at radius 2 is 2.18 bits per heavy atom. The molecule has 2 aromatic rings. The Morgan fingerprint density at radius 1 is 1.41 bits per heavy atom. The van der Waals surface area contributed by atoms with Crippen LogP contribution in [0, 0.1) is 0 Å². The van der Waals surface area contributed by atoms with Crippen molar-refractivity contribution in [1.29, 1.82) is 0 Å². The van der Waals surface area contributed by atoms with E-state index >= 15 is 0 Å². The number of rotatable bonds is 4. The van der Waals surface area contributed by atoms with Crippen molar-refractivity contribution < 1.29 is 9.53 Å². The van der Waals surface area contributed by atoms with Gasteiger partial charge < -0.3 is 10.1 Å². The predicted molar refractivity (Wildman–Crippen MR) is 88.2 cm³/mol. The highest BCUT2D eigenvalue weighted by Crippen LogP contribution is 2.27. The Balaban J connectivity index is 1.72. The average Bonchev–Trinajstić information content (AvgIpc) is 3.23. The number of amides is 1. The van der Waals surface area contributed by atoms with E-state index in [2.05, 4.69) is 10.3 Å². The zero-order valence-corrected chi connectivity index (χ0v) is 13.5. The van der Waals surface area contributed by atoms with Crippen LogP contribution in [0.2, 0.25) is 0 Å². The van der Waals surface area contributed by atoms with Crippen LogP contribution in [0.5, 0.6) is 0 Å². The second kappa shape index (κ2) is 6.56. The van der Waals surface area contributed by atoms with Gasteiger partial charge in [0.15, 0.2) is 5.13 Å². The van der Waals surface area contributed by atoms with Crippen LogP contribution < -0.4 is 10.2 Å². The number of hydrogen-bond donors (Lipinski definition) is 1. The topological polar surface area (TPSA) is 54.5 Å². The van der Waals surface area contributed by atoms with E-state index in [1.54, 1.807) is 19.1 Å². The molecular weight excluding hydrogens is 298 g/mol. The first kappa shape index (κ1) is 15.1. The number of hydrogen-bond acceptors (Lipinski definition) is 5. The Hall–Kier alpha value is -1.76. The minimum atomic E-state index is -0.195. The molecule has 0 unspecified atom stereocenters. The molecular formula is C16H19N3O2S. The van der Waals surface area contributed by atoms with E-state index in [1.807, 2.05) is 35.7 Å². The number of likely N-dealkylation sites (N-methyl/N-ethyl adjacent to an activating group) is 1. The van der Waals surface area contributed by atoms with Crippen molar-refractivity contribution in [3.63, 3.8) is 0 Å². The second-order valence-electron chi connectivity index (χ2n) is 5.33. The van der Waals surface area contributed by atoms with Gasteiger partial charge >= 0.3 is 0 Å². The molecule has 5 nitrogen and oxygen atoms in total. The van der Waals surface area contributed by atoms with Crippen molar-refractivity contribution in [2.24, 2.45) is 0 Å². The van der Waals surface area contributed by atoms with Crippen molar-refractivity contribution in [3.8, 4) is 11.3 Å². The molecule has 1 aromatic carbocycles. The van der Waals surface area contributed by atoms with E-state index in [-0.39, 0.29) is 18.1 Å². The van der Waals surface area contributed by atoms with Gasteiger partial charge in [0, 0.05) is 31.6 Å². The largest absolute Gasteiger partial charge is 0.380 e. The number of carbonyl (C=O) groups excluding carboxylic acids is 1. The van der Waals surface area contributed by atoms with Crippen molar-refractivity contribution in [1.82, 2.24) is 10.3 Å². The molecule has 1 aliphatic heterocycles. The van der Waals surface area contributed by atoms with Crippen LogP contribution in [0.25, 0.3) is 11.3 Å². The zero-order chi connectivity index (χ0) is 15.5. The Morgan fingerprint density at radius 3 is 2.86 bits per heavy atom. The zero-order valence-electron chi connectivity index (χ0n) is 12.7. The number of anilines is 1. The quantitative estimate of drug-likeness (QED) is 0.939. The summed E-state index contributed by atoms with van der Waals surface area (Å²) in [6.45, 7) is 0.716. The standard InChI is InChI=1S/C16H19N3O2S/c1-19(15(20)13-8-12(21-2)9-17-13)16-18-14(10-22-16)11-6-4-3-5-7-11/h3-7,10,12-13,17H,8-9H2,1-2H3/t12-,13-/m0/s1. The number of carbonyl (C=O) groups is 1. The van der Waals surface area contributed by atoms with E-state index in [9.17, 15) is 4.79 Å². The molecule has 2 heterocycles. The first-order valence-corrected chi connectivity index (χ1v) is 8.11. The molecule has 0 spiro atoms. The lowest BCUT2D eigenvalue weighted by atomic mass is 10.2. The van der Waals surface area contributed by atoms with E-state index in [4.69, 9.17) is 4.74 Å². The number of aromatic nitrogens is 1. The molecule has 0 saturated carbocycles. The van der Waals surface area contributed by atoms with E-state index in [0.29, 0.717) is 18.1 Å². The van der Waals surface area contributed by atoms with Gasteiger partial charge in [0.05, 0.1) is 17.8 Å². The summed E-state index contributed by atoms with van der Waals surface area (Å²) in [5, 5.41) is 5.90. The number of benzene rings is 1. The van der Waals surface area contributed by atoms with Gasteiger partial charge in [0.1, 0.15) is 0 Å². The number of methoxy groups -OCH3 is 1. The third-order valence-electron chi connectivity index (χ3n) is 3.90. The Bertz CT molecular complexity index is 644. The molecule has 6 heteroatoms. The van der Waals surface area contributed by atoms with Gasteiger partial charge in [0.25, 0.3) is 0 Å². The number of nitrogens with zero attached hydrogens (tertiary/aromatic N) is 2. The fraction of sp³-hybridized carbons (Fsp3) is 0.375. The van der Waals surface area contributed by atoms with E-state index < -0.39 is 0 Å². The SMILES string of the molecule is CO[C@@H]1CN[C@H](C(=O)N(C)c2nc(-c3ccccc3)cs2)C1. The lowest BCUT2D eigenvalue weighted by Crippen LogP contribution is -2.41. The van der Waals surface area contributed by atoms with Crippen molar-refractivity contribution in [3.05, 3.63) is 35.7 Å². The molecule has 1 aromatic heterocycles. The highest BCUT2D eigenvalue weighted by Gasteiger charge is 2.32. The summed E-state index contributed by atoms with van der Waals surface area (Å²) in [5.74, 6) is 0.0357. The van der Waals surface area contributed by atoms with Gasteiger partial charge in [-0.2, -0.15) is 0 Å². The fourth-order valence-corrected chi connectivity index (χ4v) is 3.36. The molecule has 1 N–H and O–H groups in total. The molecule has 1 amide bonds. The minimum absolute atomic E-state index is 0.0357. The maximum atomic E-state index is 12.5. The third kappa shape index (κ3) is 3.04. The lowest BCUT2D eigenvalue weighted by Gasteiger charge is -2.18. The minimum Gasteiger partial charge on any atom is -0.380 e. The maximum absolute atomic E-state index is 12.5. The third-order valence-corrected chi connectivity index (χ3v) is 4.82. The monoisotopic (exact) mass is 317 g/mol. The Kier molecular flexibility index (Phi) is 4.52. The van der Waals surface area contributed by atoms with Crippen LogP contribution in [0.3, 0.4) is 0 Å². The smallest absolute Gasteiger partial charge is 0.245 e. The summed E-state index contributed by atoms with van der Waals surface area (Å²) in [7, 11) is 3.45. The molecule has 0 bridgehead atoms. The van der Waals surface area contributed by atoms with Gasteiger partial charge in [0.2, 0.25) is 5.91 Å². The molecule has 1 aliphatic rings. The van der Waals surface area contributed by atoms with Crippen molar-refractivity contribution in [2.75, 3.05) is 25.6 Å². The van der Waals surface area contributed by atoms with Crippen LogP contribution in [-0.2, 0) is 9.53 Å². The van der Waals surface area contributed by atoms with Crippen molar-refractivity contribution in [2.45, 2.75) is 18.6 Å². The summed E-state index contributed by atoms with van der Waals surface area (Å²) in [6.07, 6.45) is 0.815. The van der Waals surface area contributed by atoms with E-state index in [0.717, 1.165) is 11.3 Å². The molecule has 1 saturated heterocycles. The lowest BCUT2D eigenvalue weighted by molar-refractivity contribution is -0.120. The summed E-state index contributed by atoms with van der Waals surface area (Å²) >= 11 is 1.48. The molecule has 116 valence electrons. The Labute approximate surface area is 133 Å². The molecule has 0 radical (unpaired) electrons. The number of ether oxygens (including phenoxy) is 1. The van der Waals surface area contributed by atoms with Crippen LogP contribution >= 0.6 is 11.3 Å². The maximum Gasteiger partial charge on any atom is 0.245 e. The van der Waals surface area contributed by atoms with Gasteiger partial charge in [-0.1, -0.05) is 30.3 Å². The van der Waals surface area contributed by atoms with Gasteiger partial charge in [-0.05, 0) is 6.42 Å². The molecule has 22 heavy (non-hydrogen) atoms. The number of nitrogens with one attached hydrogen (secondary N) is 1. The normalized spacial score (nSPS) is 21.0. The van der Waals surface area contributed by atoms with Crippen LogP contribution in [0.15, 0.2) is 35.7 Å².